The van der Waals surface area contributed by atoms with E-state index in [0.29, 0.717) is 34.5 Å². The monoisotopic (exact) mass is 793 g/mol. The second-order valence-electron chi connectivity index (χ2n) is 22.5. The van der Waals surface area contributed by atoms with Gasteiger partial charge in [-0.15, -0.1) is 0 Å². The summed E-state index contributed by atoms with van der Waals surface area (Å²) in [5, 5.41) is 0. The first kappa shape index (κ1) is 33.9. The zero-order valence-corrected chi connectivity index (χ0v) is 34.1. The van der Waals surface area contributed by atoms with E-state index in [-0.39, 0.29) is 22.5 Å². The van der Waals surface area contributed by atoms with Crippen LogP contribution in [0.15, 0.2) is 46.2 Å². The molecular weight excluding hydrogens is 737 g/mol. The maximum Gasteiger partial charge on any atom is 0.339 e. The van der Waals surface area contributed by atoms with Crippen molar-refractivity contribution in [3.8, 4) is 5.75 Å². The lowest BCUT2D eigenvalue weighted by molar-refractivity contribution is 0.126. The summed E-state index contributed by atoms with van der Waals surface area (Å²) in [6.07, 6.45) is 20.1. The van der Waals surface area contributed by atoms with Gasteiger partial charge in [0.15, 0.2) is 0 Å². The maximum atomic E-state index is 15.4. The lowest BCUT2D eigenvalue weighted by Gasteiger charge is -2.42. The highest BCUT2D eigenvalue weighted by molar-refractivity contribution is 7.87. The van der Waals surface area contributed by atoms with Gasteiger partial charge < -0.3 is 8.74 Å². The SMILES string of the molecule is O=S(=O)([O-])c1ccc(OS(=O)(=O)c2c(C3CC4CC3C3C5CCC(C5)C43)cc(C3CC4CC3C3C5CCC(C5)C43)cc2C2CC3CC2C2C4CCC(C4)C32)cc1. The van der Waals surface area contributed by atoms with Gasteiger partial charge in [0.1, 0.15) is 20.8 Å². The Labute approximate surface area is 333 Å². The van der Waals surface area contributed by atoms with Crippen LogP contribution in [-0.2, 0) is 20.2 Å². The molecule has 12 fully saturated rings. The molecule has 0 aliphatic heterocycles. The molecule has 6 nitrogen and oxygen atoms in total. The fourth-order valence-electron chi connectivity index (χ4n) is 20.4. The van der Waals surface area contributed by atoms with Gasteiger partial charge in [-0.25, -0.2) is 8.42 Å². The van der Waals surface area contributed by atoms with Crippen molar-refractivity contribution in [1.82, 2.24) is 0 Å². The molecule has 12 bridgehead atoms. The smallest absolute Gasteiger partial charge is 0.339 e. The van der Waals surface area contributed by atoms with E-state index in [1.165, 1.54) is 113 Å². The van der Waals surface area contributed by atoms with E-state index in [1.54, 1.807) is 0 Å². The summed E-state index contributed by atoms with van der Waals surface area (Å²) < 4.78 is 72.2. The van der Waals surface area contributed by atoms with E-state index < -0.39 is 20.2 Å². The topological polar surface area (TPSA) is 101 Å². The Balaban J connectivity index is 0.928. The first-order valence-electron chi connectivity index (χ1n) is 23.3. The van der Waals surface area contributed by atoms with Crippen molar-refractivity contribution in [3.05, 3.63) is 53.1 Å². The molecular formula is C48H57O6S2-. The molecule has 12 saturated carbocycles. The quantitative estimate of drug-likeness (QED) is 0.157. The second kappa shape index (κ2) is 11.3. The van der Waals surface area contributed by atoms with Crippen LogP contribution in [0.4, 0.5) is 0 Å². The first-order valence-corrected chi connectivity index (χ1v) is 26.1. The minimum Gasteiger partial charge on any atom is -0.744 e. The number of rotatable bonds is 7. The van der Waals surface area contributed by atoms with Crippen molar-refractivity contribution in [2.24, 2.45) is 107 Å². The Hall–Kier alpha value is -1.90. The minimum atomic E-state index is -4.66. The largest absolute Gasteiger partial charge is 0.744 e. The molecule has 2 aromatic carbocycles. The number of fused-ring (bicyclic) bond motifs is 27. The van der Waals surface area contributed by atoms with Gasteiger partial charge in [0.05, 0.1) is 4.90 Å². The zero-order valence-electron chi connectivity index (χ0n) is 32.5. The lowest BCUT2D eigenvalue weighted by Crippen LogP contribution is -2.34. The van der Waals surface area contributed by atoms with E-state index in [4.69, 9.17) is 4.18 Å². The Morgan fingerprint density at radius 1 is 0.464 bits per heavy atom. The Kier molecular flexibility index (Phi) is 6.82. The van der Waals surface area contributed by atoms with Gasteiger partial charge in [0.25, 0.3) is 0 Å². The summed E-state index contributed by atoms with van der Waals surface area (Å²) >= 11 is 0. The third kappa shape index (κ3) is 4.39. The molecule has 0 radical (unpaired) electrons. The predicted octanol–water partition coefficient (Wildman–Crippen LogP) is 9.72. The predicted molar refractivity (Wildman–Crippen MR) is 209 cm³/mol. The van der Waals surface area contributed by atoms with E-state index >= 15 is 8.42 Å². The molecule has 8 heteroatoms. The average Bonchev–Trinajstić information content (AvgIpc) is 4.03. The minimum absolute atomic E-state index is 0.0797. The van der Waals surface area contributed by atoms with Gasteiger partial charge in [-0.05, 0) is 262 Å². The third-order valence-electron chi connectivity index (χ3n) is 21.2. The fraction of sp³-hybridized carbons (Fsp3) is 0.750. The molecule has 12 aliphatic rings. The molecule has 0 amide bonds. The molecule has 56 heavy (non-hydrogen) atoms. The van der Waals surface area contributed by atoms with Gasteiger partial charge in [-0.1, -0.05) is 12.1 Å². The van der Waals surface area contributed by atoms with Crippen LogP contribution < -0.4 is 4.18 Å². The molecule has 0 saturated heterocycles. The Bertz CT molecular complexity index is 2180. The van der Waals surface area contributed by atoms with Crippen LogP contribution in [-0.4, -0.2) is 21.4 Å². The molecule has 14 rings (SSSR count). The average molecular weight is 794 g/mol. The third-order valence-corrected chi connectivity index (χ3v) is 23.4. The molecule has 21 unspecified atom stereocenters. The molecule has 0 spiro atoms. The number of hydrogen-bond acceptors (Lipinski definition) is 6. The van der Waals surface area contributed by atoms with Crippen LogP contribution in [0.2, 0.25) is 0 Å². The normalized spacial score (nSPS) is 51.8. The van der Waals surface area contributed by atoms with Crippen molar-refractivity contribution in [2.75, 3.05) is 0 Å². The summed E-state index contributed by atoms with van der Waals surface area (Å²) in [5.74, 6) is 15.6. The number of benzene rings is 2. The summed E-state index contributed by atoms with van der Waals surface area (Å²) in [5.41, 5.74) is 3.68. The highest BCUT2D eigenvalue weighted by Crippen LogP contribution is 2.74. The van der Waals surface area contributed by atoms with Crippen LogP contribution in [0.1, 0.15) is 131 Å². The van der Waals surface area contributed by atoms with Gasteiger partial charge in [-0.2, -0.15) is 8.42 Å². The molecule has 12 aliphatic carbocycles. The van der Waals surface area contributed by atoms with Crippen molar-refractivity contribution in [2.45, 2.75) is 124 Å². The molecule has 0 N–H and O–H groups in total. The highest BCUT2D eigenvalue weighted by atomic mass is 32.2. The summed E-state index contributed by atoms with van der Waals surface area (Å²) in [6, 6.07) is 10.0. The first-order chi connectivity index (χ1) is 27.1. The van der Waals surface area contributed by atoms with E-state index in [1.807, 2.05) is 0 Å². The number of hydrogen-bond donors (Lipinski definition) is 0. The Morgan fingerprint density at radius 2 is 0.857 bits per heavy atom. The molecule has 21 atom stereocenters. The second-order valence-corrected chi connectivity index (χ2v) is 25.3. The molecule has 2 aromatic rings. The van der Waals surface area contributed by atoms with Gasteiger partial charge in [0, 0.05) is 0 Å². The van der Waals surface area contributed by atoms with Crippen molar-refractivity contribution in [1.29, 1.82) is 0 Å². The zero-order chi connectivity index (χ0) is 37.1. The molecule has 0 aromatic heterocycles. The van der Waals surface area contributed by atoms with Crippen LogP contribution in [0.25, 0.3) is 0 Å². The summed E-state index contributed by atoms with van der Waals surface area (Å²) in [4.78, 5) is 0.124. The van der Waals surface area contributed by atoms with Gasteiger partial charge in [-0.3, -0.25) is 0 Å². The highest BCUT2D eigenvalue weighted by Gasteiger charge is 2.66. The van der Waals surface area contributed by atoms with Crippen LogP contribution in [0.5, 0.6) is 5.75 Å². The van der Waals surface area contributed by atoms with Crippen LogP contribution >= 0.6 is 0 Å². The van der Waals surface area contributed by atoms with Crippen molar-refractivity contribution in [3.63, 3.8) is 0 Å². The standard InChI is InChI=1S/C48H58O6S2/c49-55(50,51)33-9-7-32(8-10-33)54-56(52,53)48-40(35-17-30-20-38(35)46-26-5-2-23(12-26)43(30)46)14-28(34-16-29-19-37(34)45-25-4-1-22(11-25)42(29)45)15-41(48)36-18-31-21-39(36)47-27-6-3-24(13-27)44(31)47/h7-10,14-15,22-27,29-31,34-39,42-47H,1-6,11-13,16-21H2,(H,49,50,51)/p-1. The van der Waals surface area contributed by atoms with E-state index in [9.17, 15) is 13.0 Å². The van der Waals surface area contributed by atoms with E-state index in [0.717, 1.165) is 107 Å². The van der Waals surface area contributed by atoms with Crippen molar-refractivity contribution >= 4 is 20.2 Å². The summed E-state index contributed by atoms with van der Waals surface area (Å²) in [6.45, 7) is 0. The molecule has 0 heterocycles. The van der Waals surface area contributed by atoms with Gasteiger partial charge >= 0.3 is 10.1 Å². The summed E-state index contributed by atoms with van der Waals surface area (Å²) in [7, 11) is -8.96. The van der Waals surface area contributed by atoms with E-state index in [2.05, 4.69) is 12.1 Å². The Morgan fingerprint density at radius 3 is 1.29 bits per heavy atom. The fourth-order valence-corrected chi connectivity index (χ4v) is 22.3. The van der Waals surface area contributed by atoms with Crippen LogP contribution in [0.3, 0.4) is 0 Å². The van der Waals surface area contributed by atoms with Crippen LogP contribution in [0, 0.1) is 107 Å². The molecule has 298 valence electrons. The van der Waals surface area contributed by atoms with Crippen molar-refractivity contribution < 1.29 is 25.6 Å². The lowest BCUT2D eigenvalue weighted by atomic mass is 9.63. The van der Waals surface area contributed by atoms with Gasteiger partial charge in [0.2, 0.25) is 0 Å². The maximum absolute atomic E-state index is 15.4.